The lowest BCUT2D eigenvalue weighted by molar-refractivity contribution is 0.163. The third-order valence-corrected chi connectivity index (χ3v) is 2.88. The number of aryl methyl sites for hydroxylation is 1. The first-order valence-corrected chi connectivity index (χ1v) is 6.07. The van der Waals surface area contributed by atoms with Crippen molar-refractivity contribution in [3.8, 4) is 5.75 Å². The highest BCUT2D eigenvalue weighted by Gasteiger charge is 2.07. The Morgan fingerprint density at radius 3 is 2.65 bits per heavy atom. The summed E-state index contributed by atoms with van der Waals surface area (Å²) in [5.74, 6) is 0.949. The summed E-state index contributed by atoms with van der Waals surface area (Å²) < 4.78 is 10.5. The second kappa shape index (κ2) is 7.30. The van der Waals surface area contributed by atoms with Crippen molar-refractivity contribution < 1.29 is 9.47 Å². The van der Waals surface area contributed by atoms with Gasteiger partial charge in [0.15, 0.2) is 0 Å². The molecule has 0 saturated heterocycles. The van der Waals surface area contributed by atoms with E-state index >= 15 is 0 Å². The highest BCUT2D eigenvalue weighted by atomic mass is 16.5. The Hall–Kier alpha value is -1.06. The molecule has 0 amide bonds. The van der Waals surface area contributed by atoms with E-state index in [-0.39, 0.29) is 0 Å². The van der Waals surface area contributed by atoms with Gasteiger partial charge >= 0.3 is 0 Å². The molecule has 0 saturated carbocycles. The van der Waals surface area contributed by atoms with E-state index in [1.165, 1.54) is 11.1 Å². The van der Waals surface area contributed by atoms with E-state index in [2.05, 4.69) is 37.4 Å². The fourth-order valence-electron chi connectivity index (χ4n) is 1.77. The molecule has 0 unspecified atom stereocenters. The third kappa shape index (κ3) is 4.36. The number of hydrogen-bond donors (Lipinski definition) is 1. The van der Waals surface area contributed by atoms with E-state index in [9.17, 15) is 0 Å². The summed E-state index contributed by atoms with van der Waals surface area (Å²) in [5, 5.41) is 3.48. The van der Waals surface area contributed by atoms with Crippen molar-refractivity contribution in [3.05, 3.63) is 29.3 Å². The van der Waals surface area contributed by atoms with Gasteiger partial charge in [-0.05, 0) is 25.0 Å². The first-order valence-electron chi connectivity index (χ1n) is 6.07. The Balaban J connectivity index is 2.61. The van der Waals surface area contributed by atoms with Crippen LogP contribution in [0.25, 0.3) is 0 Å². The average Bonchev–Trinajstić information content (AvgIpc) is 2.35. The molecule has 1 N–H and O–H groups in total. The SMILES string of the molecule is CC[C@H](COC)NCc1ccc(C)cc1OC. The van der Waals surface area contributed by atoms with Crippen LogP contribution >= 0.6 is 0 Å². The van der Waals surface area contributed by atoms with Crippen LogP contribution in [-0.2, 0) is 11.3 Å². The van der Waals surface area contributed by atoms with Gasteiger partial charge in [-0.3, -0.25) is 0 Å². The number of ether oxygens (including phenoxy) is 2. The number of rotatable bonds is 7. The average molecular weight is 237 g/mol. The molecule has 0 aromatic heterocycles. The van der Waals surface area contributed by atoms with E-state index < -0.39 is 0 Å². The van der Waals surface area contributed by atoms with Crippen LogP contribution in [0.15, 0.2) is 18.2 Å². The topological polar surface area (TPSA) is 30.5 Å². The van der Waals surface area contributed by atoms with E-state index in [4.69, 9.17) is 9.47 Å². The van der Waals surface area contributed by atoms with Crippen molar-refractivity contribution in [2.24, 2.45) is 0 Å². The van der Waals surface area contributed by atoms with E-state index in [1.807, 2.05) is 0 Å². The molecule has 0 aliphatic carbocycles. The summed E-state index contributed by atoms with van der Waals surface area (Å²) in [6.45, 7) is 5.78. The lowest BCUT2D eigenvalue weighted by Crippen LogP contribution is -2.32. The molecule has 1 aromatic carbocycles. The molecule has 17 heavy (non-hydrogen) atoms. The summed E-state index contributed by atoms with van der Waals surface area (Å²) in [6.07, 6.45) is 1.06. The Morgan fingerprint density at radius 2 is 2.06 bits per heavy atom. The maximum Gasteiger partial charge on any atom is 0.123 e. The molecule has 0 aliphatic rings. The van der Waals surface area contributed by atoms with Gasteiger partial charge in [0.2, 0.25) is 0 Å². The third-order valence-electron chi connectivity index (χ3n) is 2.88. The Labute approximate surface area is 104 Å². The summed E-state index contributed by atoms with van der Waals surface area (Å²) >= 11 is 0. The molecule has 0 heterocycles. The van der Waals surface area contributed by atoms with Gasteiger partial charge in [0.05, 0.1) is 13.7 Å². The number of benzene rings is 1. The van der Waals surface area contributed by atoms with Gasteiger partial charge < -0.3 is 14.8 Å². The predicted molar refractivity (Wildman–Crippen MR) is 70.5 cm³/mol. The Bertz CT molecular complexity index is 339. The van der Waals surface area contributed by atoms with Crippen LogP contribution < -0.4 is 10.1 Å². The molecule has 0 aliphatic heterocycles. The molecular formula is C14H23NO2. The Morgan fingerprint density at radius 1 is 1.29 bits per heavy atom. The smallest absolute Gasteiger partial charge is 0.123 e. The van der Waals surface area contributed by atoms with Crippen LogP contribution in [0, 0.1) is 6.92 Å². The molecule has 0 spiro atoms. The molecule has 0 bridgehead atoms. The van der Waals surface area contributed by atoms with Gasteiger partial charge in [-0.15, -0.1) is 0 Å². The lowest BCUT2D eigenvalue weighted by Gasteiger charge is -2.17. The first-order chi connectivity index (χ1) is 8.21. The van der Waals surface area contributed by atoms with Gasteiger partial charge in [0.1, 0.15) is 5.75 Å². The lowest BCUT2D eigenvalue weighted by atomic mass is 10.1. The van der Waals surface area contributed by atoms with Crippen LogP contribution in [0.1, 0.15) is 24.5 Å². The van der Waals surface area contributed by atoms with Crippen LogP contribution in [-0.4, -0.2) is 26.9 Å². The van der Waals surface area contributed by atoms with Gasteiger partial charge in [-0.1, -0.05) is 19.1 Å². The van der Waals surface area contributed by atoms with Crippen molar-refractivity contribution in [2.45, 2.75) is 32.9 Å². The van der Waals surface area contributed by atoms with Crippen molar-refractivity contribution in [3.63, 3.8) is 0 Å². The van der Waals surface area contributed by atoms with Crippen molar-refractivity contribution in [1.29, 1.82) is 0 Å². The van der Waals surface area contributed by atoms with Gasteiger partial charge in [0, 0.05) is 25.3 Å². The second-order valence-corrected chi connectivity index (χ2v) is 4.26. The zero-order chi connectivity index (χ0) is 12.7. The van der Waals surface area contributed by atoms with Crippen LogP contribution in [0.4, 0.5) is 0 Å². The molecular weight excluding hydrogens is 214 g/mol. The Kier molecular flexibility index (Phi) is 6.01. The molecule has 0 radical (unpaired) electrons. The first kappa shape index (κ1) is 14.0. The van der Waals surface area contributed by atoms with Crippen molar-refractivity contribution >= 4 is 0 Å². The summed E-state index contributed by atoms with van der Waals surface area (Å²) in [6, 6.07) is 6.68. The van der Waals surface area contributed by atoms with Crippen LogP contribution in [0.3, 0.4) is 0 Å². The predicted octanol–water partition coefficient (Wildman–Crippen LogP) is 2.52. The highest BCUT2D eigenvalue weighted by molar-refractivity contribution is 5.37. The molecule has 0 fully saturated rings. The van der Waals surface area contributed by atoms with Gasteiger partial charge in [-0.25, -0.2) is 0 Å². The van der Waals surface area contributed by atoms with Crippen LogP contribution in [0.2, 0.25) is 0 Å². The maximum absolute atomic E-state index is 5.38. The molecule has 96 valence electrons. The minimum atomic E-state index is 0.394. The maximum atomic E-state index is 5.38. The van der Waals surface area contributed by atoms with E-state index in [0.717, 1.165) is 25.3 Å². The number of nitrogens with one attached hydrogen (secondary N) is 1. The van der Waals surface area contributed by atoms with Crippen molar-refractivity contribution in [1.82, 2.24) is 5.32 Å². The normalized spacial score (nSPS) is 12.5. The standard InChI is InChI=1S/C14H23NO2/c1-5-13(10-16-3)15-9-12-7-6-11(2)8-14(12)17-4/h6-8,13,15H,5,9-10H2,1-4H3/t13-/m1/s1. The monoisotopic (exact) mass is 237 g/mol. The second-order valence-electron chi connectivity index (χ2n) is 4.26. The zero-order valence-corrected chi connectivity index (χ0v) is 11.2. The number of hydrogen-bond acceptors (Lipinski definition) is 3. The molecule has 1 aromatic rings. The minimum Gasteiger partial charge on any atom is -0.496 e. The summed E-state index contributed by atoms with van der Waals surface area (Å²) in [7, 11) is 3.45. The zero-order valence-electron chi connectivity index (χ0n) is 11.2. The van der Waals surface area contributed by atoms with E-state index in [0.29, 0.717) is 6.04 Å². The van der Waals surface area contributed by atoms with Crippen molar-refractivity contribution in [2.75, 3.05) is 20.8 Å². The summed E-state index contributed by atoms with van der Waals surface area (Å²) in [5.41, 5.74) is 2.40. The molecule has 3 nitrogen and oxygen atoms in total. The van der Waals surface area contributed by atoms with E-state index in [1.54, 1.807) is 14.2 Å². The highest BCUT2D eigenvalue weighted by Crippen LogP contribution is 2.19. The fraction of sp³-hybridized carbons (Fsp3) is 0.571. The fourth-order valence-corrected chi connectivity index (χ4v) is 1.77. The molecule has 1 rings (SSSR count). The minimum absolute atomic E-state index is 0.394. The molecule has 3 heteroatoms. The molecule has 1 atom stereocenters. The van der Waals surface area contributed by atoms with Crippen LogP contribution in [0.5, 0.6) is 5.75 Å². The quantitative estimate of drug-likeness (QED) is 0.790. The van der Waals surface area contributed by atoms with Gasteiger partial charge in [0.25, 0.3) is 0 Å². The number of methoxy groups -OCH3 is 2. The largest absolute Gasteiger partial charge is 0.496 e. The van der Waals surface area contributed by atoms with Gasteiger partial charge in [-0.2, -0.15) is 0 Å². The summed E-state index contributed by atoms with van der Waals surface area (Å²) in [4.78, 5) is 0.